The molecule has 0 spiro atoms. The summed E-state index contributed by atoms with van der Waals surface area (Å²) in [5.74, 6) is -8.12. The fourth-order valence-corrected chi connectivity index (χ4v) is 2.86. The number of rotatable bonds is 3. The van der Waals surface area contributed by atoms with Gasteiger partial charge in [0.25, 0.3) is 5.91 Å². The summed E-state index contributed by atoms with van der Waals surface area (Å²) in [6.45, 7) is 0. The highest BCUT2D eigenvalue weighted by atomic mass is 19.4. The van der Waals surface area contributed by atoms with Crippen molar-refractivity contribution in [2.75, 3.05) is 10.2 Å². The second kappa shape index (κ2) is 7.52. The topological polar surface area (TPSA) is 83.6 Å². The minimum Gasteiger partial charge on any atom is -0.325 e. The van der Waals surface area contributed by atoms with Gasteiger partial charge in [-0.15, -0.1) is 0 Å². The summed E-state index contributed by atoms with van der Waals surface area (Å²) >= 11 is 0. The molecule has 0 aromatic heterocycles. The SMILES string of the molecule is O=C(Nc1cccc(C(F)(F)F)c1)C1C(=O)C(=O)N(c2cccc(C(F)(F)F)c2)C1=O. The Hall–Kier alpha value is -3.70. The summed E-state index contributed by atoms with van der Waals surface area (Å²) < 4.78 is 77.0. The van der Waals surface area contributed by atoms with Crippen LogP contribution in [-0.2, 0) is 31.5 Å². The van der Waals surface area contributed by atoms with Crippen molar-refractivity contribution in [2.24, 2.45) is 5.92 Å². The summed E-state index contributed by atoms with van der Waals surface area (Å²) in [5, 5.41) is 1.95. The van der Waals surface area contributed by atoms with Gasteiger partial charge in [0.2, 0.25) is 11.7 Å². The number of ketones is 1. The lowest BCUT2D eigenvalue weighted by Crippen LogP contribution is -2.34. The van der Waals surface area contributed by atoms with E-state index in [2.05, 4.69) is 0 Å². The number of hydrogen-bond donors (Lipinski definition) is 1. The number of halogens is 6. The Morgan fingerprint density at radius 3 is 1.97 bits per heavy atom. The number of alkyl halides is 6. The minimum atomic E-state index is -4.80. The zero-order valence-corrected chi connectivity index (χ0v) is 15.0. The molecule has 2 aromatic carbocycles. The highest BCUT2D eigenvalue weighted by molar-refractivity contribution is 6.59. The van der Waals surface area contributed by atoms with Gasteiger partial charge < -0.3 is 5.32 Å². The van der Waals surface area contributed by atoms with Gasteiger partial charge in [-0.05, 0) is 36.4 Å². The van der Waals surface area contributed by atoms with E-state index >= 15 is 0 Å². The fourth-order valence-electron chi connectivity index (χ4n) is 2.86. The van der Waals surface area contributed by atoms with E-state index in [9.17, 15) is 45.5 Å². The Bertz CT molecular complexity index is 1090. The smallest absolute Gasteiger partial charge is 0.325 e. The fraction of sp³-hybridized carbons (Fsp3) is 0.158. The Balaban J connectivity index is 1.87. The van der Waals surface area contributed by atoms with Crippen molar-refractivity contribution < 1.29 is 45.5 Å². The first-order valence-electron chi connectivity index (χ1n) is 8.38. The molecule has 0 bridgehead atoms. The quantitative estimate of drug-likeness (QED) is 0.341. The molecule has 6 nitrogen and oxygen atoms in total. The Kier molecular flexibility index (Phi) is 5.34. The Morgan fingerprint density at radius 1 is 0.839 bits per heavy atom. The molecule has 1 unspecified atom stereocenters. The summed E-state index contributed by atoms with van der Waals surface area (Å²) in [5.41, 5.74) is -3.29. The maximum Gasteiger partial charge on any atom is 0.416 e. The number of hydrogen-bond acceptors (Lipinski definition) is 4. The van der Waals surface area contributed by atoms with Crippen molar-refractivity contribution in [2.45, 2.75) is 12.4 Å². The monoisotopic (exact) mass is 444 g/mol. The van der Waals surface area contributed by atoms with Crippen molar-refractivity contribution in [3.8, 4) is 0 Å². The van der Waals surface area contributed by atoms with Gasteiger partial charge in [0, 0.05) is 5.69 Å². The largest absolute Gasteiger partial charge is 0.416 e. The lowest BCUT2D eigenvalue weighted by atomic mass is 10.1. The van der Waals surface area contributed by atoms with Crippen LogP contribution in [0.4, 0.5) is 37.7 Å². The van der Waals surface area contributed by atoms with E-state index in [0.29, 0.717) is 18.2 Å². The van der Waals surface area contributed by atoms with E-state index in [1.807, 2.05) is 5.32 Å². The molecule has 1 aliphatic rings. The number of benzene rings is 2. The highest BCUT2D eigenvalue weighted by Gasteiger charge is 2.52. The van der Waals surface area contributed by atoms with Crippen molar-refractivity contribution in [1.29, 1.82) is 0 Å². The van der Waals surface area contributed by atoms with Crippen LogP contribution in [0, 0.1) is 5.92 Å². The molecule has 2 aromatic rings. The van der Waals surface area contributed by atoms with Gasteiger partial charge in [-0.3, -0.25) is 19.2 Å². The molecule has 1 heterocycles. The van der Waals surface area contributed by atoms with Gasteiger partial charge in [-0.1, -0.05) is 12.1 Å². The molecule has 0 radical (unpaired) electrons. The molecule has 1 atom stereocenters. The zero-order chi connectivity index (χ0) is 23.1. The first-order valence-corrected chi connectivity index (χ1v) is 8.38. The van der Waals surface area contributed by atoms with Crippen LogP contribution >= 0.6 is 0 Å². The molecule has 3 rings (SSSR count). The number of nitrogens with zero attached hydrogens (tertiary/aromatic N) is 1. The van der Waals surface area contributed by atoms with Crippen molar-refractivity contribution in [3.05, 3.63) is 59.7 Å². The van der Waals surface area contributed by atoms with E-state index < -0.39 is 64.3 Å². The zero-order valence-electron chi connectivity index (χ0n) is 15.0. The number of imide groups is 1. The van der Waals surface area contributed by atoms with Gasteiger partial charge in [-0.2, -0.15) is 26.3 Å². The molecule has 3 amide bonds. The summed E-state index contributed by atoms with van der Waals surface area (Å²) in [7, 11) is 0. The molecule has 0 aliphatic carbocycles. The van der Waals surface area contributed by atoms with E-state index in [0.717, 1.165) is 30.3 Å². The number of amides is 3. The van der Waals surface area contributed by atoms with E-state index in [1.54, 1.807) is 0 Å². The van der Waals surface area contributed by atoms with E-state index in [-0.39, 0.29) is 4.90 Å². The van der Waals surface area contributed by atoms with Gasteiger partial charge >= 0.3 is 18.3 Å². The number of anilines is 2. The molecule has 162 valence electrons. The van der Waals surface area contributed by atoms with Crippen LogP contribution in [0.2, 0.25) is 0 Å². The van der Waals surface area contributed by atoms with Crippen LogP contribution in [0.25, 0.3) is 0 Å². The standard InChI is InChI=1S/C19H10F6N2O4/c20-18(21,22)9-3-1-5-11(7-9)26-15(29)13-14(28)17(31)27(16(13)30)12-6-2-4-10(8-12)19(23,24)25/h1-8,13H,(H,26,29). The van der Waals surface area contributed by atoms with Crippen LogP contribution in [0.15, 0.2) is 48.5 Å². The molecule has 0 saturated carbocycles. The minimum absolute atomic E-state index is 0.133. The third kappa shape index (κ3) is 4.27. The van der Waals surface area contributed by atoms with Crippen molar-refractivity contribution >= 4 is 34.9 Å². The van der Waals surface area contributed by atoms with Crippen molar-refractivity contribution in [3.63, 3.8) is 0 Å². The van der Waals surface area contributed by atoms with Gasteiger partial charge in [-0.25, -0.2) is 4.90 Å². The van der Waals surface area contributed by atoms with Crippen LogP contribution in [0.3, 0.4) is 0 Å². The number of nitrogens with one attached hydrogen (secondary N) is 1. The molecule has 12 heteroatoms. The van der Waals surface area contributed by atoms with Gasteiger partial charge in [0.1, 0.15) is 0 Å². The normalized spacial score (nSPS) is 17.3. The van der Waals surface area contributed by atoms with Crippen molar-refractivity contribution in [1.82, 2.24) is 0 Å². The van der Waals surface area contributed by atoms with Crippen LogP contribution in [0.5, 0.6) is 0 Å². The molecule has 1 fully saturated rings. The van der Waals surface area contributed by atoms with Gasteiger partial charge in [0.05, 0.1) is 16.8 Å². The average Bonchev–Trinajstić information content (AvgIpc) is 2.89. The molecule has 1 saturated heterocycles. The third-order valence-corrected chi connectivity index (χ3v) is 4.29. The maximum atomic E-state index is 12.9. The van der Waals surface area contributed by atoms with Crippen LogP contribution in [-0.4, -0.2) is 23.5 Å². The Morgan fingerprint density at radius 2 is 1.39 bits per heavy atom. The molecule has 31 heavy (non-hydrogen) atoms. The first kappa shape index (κ1) is 22.0. The molecule has 1 aliphatic heterocycles. The van der Waals surface area contributed by atoms with E-state index in [1.165, 1.54) is 0 Å². The number of Topliss-reactive ketones (excluding diaryl/α,β-unsaturated/α-hetero) is 1. The number of carbonyl (C=O) groups excluding carboxylic acids is 4. The third-order valence-electron chi connectivity index (χ3n) is 4.29. The lowest BCUT2D eigenvalue weighted by molar-refractivity contribution is -0.140. The molecule has 1 N–H and O–H groups in total. The highest BCUT2D eigenvalue weighted by Crippen LogP contribution is 2.34. The average molecular weight is 444 g/mol. The van der Waals surface area contributed by atoms with Gasteiger partial charge in [0.15, 0.2) is 5.92 Å². The Labute approximate surface area is 169 Å². The molecular formula is C19H10F6N2O4. The predicted molar refractivity (Wildman–Crippen MR) is 92.5 cm³/mol. The summed E-state index contributed by atoms with van der Waals surface area (Å²) in [4.78, 5) is 49.3. The van der Waals surface area contributed by atoms with E-state index in [4.69, 9.17) is 0 Å². The maximum absolute atomic E-state index is 12.9. The number of carbonyl (C=O) groups is 4. The predicted octanol–water partition coefficient (Wildman–Crippen LogP) is 3.42. The second-order valence-electron chi connectivity index (χ2n) is 6.39. The molecular weight excluding hydrogens is 434 g/mol. The second-order valence-corrected chi connectivity index (χ2v) is 6.39. The summed E-state index contributed by atoms with van der Waals surface area (Å²) in [6, 6.07) is 6.30. The first-order chi connectivity index (χ1) is 14.3. The van der Waals surface area contributed by atoms with Crippen LogP contribution < -0.4 is 10.2 Å². The summed E-state index contributed by atoms with van der Waals surface area (Å²) in [6.07, 6.45) is -9.53. The van der Waals surface area contributed by atoms with Crippen LogP contribution in [0.1, 0.15) is 11.1 Å². The lowest BCUT2D eigenvalue weighted by Gasteiger charge is -2.16.